The van der Waals surface area contributed by atoms with Crippen molar-refractivity contribution in [1.29, 1.82) is 0 Å². The molecule has 0 bridgehead atoms. The lowest BCUT2D eigenvalue weighted by molar-refractivity contribution is 0.0895. The Bertz CT molecular complexity index is 1010. The van der Waals surface area contributed by atoms with Crippen LogP contribution in [0.5, 0.6) is 5.75 Å². The van der Waals surface area contributed by atoms with Crippen molar-refractivity contribution in [1.82, 2.24) is 9.80 Å². The molecule has 0 aliphatic carbocycles. The topological polar surface area (TPSA) is 39.9 Å². The highest BCUT2D eigenvalue weighted by atomic mass is 16.3. The largest absolute Gasteiger partial charge is 0.508 e. The molecule has 2 saturated heterocycles. The molecule has 4 nitrogen and oxygen atoms in total. The highest BCUT2D eigenvalue weighted by Gasteiger charge is 2.26. The number of furan rings is 1. The number of aromatic hydroxyl groups is 1. The van der Waals surface area contributed by atoms with Crippen LogP contribution in [0, 0.1) is 6.92 Å². The molecular formula is C26H32N2O2. The zero-order valence-corrected chi connectivity index (χ0v) is 17.9. The maximum Gasteiger partial charge on any atom is 0.135 e. The Hall–Kier alpha value is -2.30. The van der Waals surface area contributed by atoms with Gasteiger partial charge in [0, 0.05) is 29.1 Å². The summed E-state index contributed by atoms with van der Waals surface area (Å²) in [5, 5.41) is 11.7. The van der Waals surface area contributed by atoms with Crippen LogP contribution < -0.4 is 0 Å². The zero-order valence-electron chi connectivity index (χ0n) is 17.9. The van der Waals surface area contributed by atoms with E-state index in [0.717, 1.165) is 53.5 Å². The average molecular weight is 405 g/mol. The maximum atomic E-state index is 10.7. The number of benzene rings is 2. The molecule has 2 aromatic carbocycles. The third-order valence-corrected chi connectivity index (χ3v) is 7.04. The molecule has 30 heavy (non-hydrogen) atoms. The van der Waals surface area contributed by atoms with Crippen molar-refractivity contribution in [3.63, 3.8) is 0 Å². The summed E-state index contributed by atoms with van der Waals surface area (Å²) in [4.78, 5) is 5.21. The van der Waals surface area contributed by atoms with Crippen LogP contribution >= 0.6 is 0 Å². The quantitative estimate of drug-likeness (QED) is 0.618. The number of nitrogens with zero attached hydrogens (tertiary/aromatic N) is 2. The van der Waals surface area contributed by atoms with Crippen molar-refractivity contribution in [3.05, 3.63) is 53.6 Å². The van der Waals surface area contributed by atoms with E-state index in [2.05, 4.69) is 34.9 Å². The predicted molar refractivity (Wildman–Crippen MR) is 122 cm³/mol. The second-order valence-electron chi connectivity index (χ2n) is 9.00. The second-order valence-corrected chi connectivity index (χ2v) is 9.00. The van der Waals surface area contributed by atoms with Crippen LogP contribution in [0.25, 0.3) is 22.3 Å². The van der Waals surface area contributed by atoms with E-state index in [1.54, 1.807) is 6.07 Å². The van der Waals surface area contributed by atoms with Crippen molar-refractivity contribution >= 4 is 11.0 Å². The Kier molecular flexibility index (Phi) is 5.53. The maximum absolute atomic E-state index is 10.7. The molecule has 0 saturated carbocycles. The SMILES string of the molecule is Cc1ccccc1-c1cc2c(CN3CCC(N4CCCCC4)CC3)c(O)ccc2o1. The second kappa shape index (κ2) is 8.44. The molecule has 3 aromatic rings. The lowest BCUT2D eigenvalue weighted by atomic mass is 9.99. The van der Waals surface area contributed by atoms with E-state index >= 15 is 0 Å². The molecule has 0 spiro atoms. The van der Waals surface area contributed by atoms with Crippen molar-refractivity contribution in [2.75, 3.05) is 26.2 Å². The molecular weight excluding hydrogens is 372 g/mol. The minimum atomic E-state index is 0.373. The molecule has 0 unspecified atom stereocenters. The van der Waals surface area contributed by atoms with Crippen molar-refractivity contribution in [2.24, 2.45) is 0 Å². The number of fused-ring (bicyclic) bond motifs is 1. The van der Waals surface area contributed by atoms with Gasteiger partial charge in [-0.1, -0.05) is 30.7 Å². The first-order valence-electron chi connectivity index (χ1n) is 11.5. The van der Waals surface area contributed by atoms with Crippen LogP contribution in [-0.4, -0.2) is 47.1 Å². The molecule has 0 radical (unpaired) electrons. The molecule has 0 amide bonds. The molecule has 4 heteroatoms. The summed E-state index contributed by atoms with van der Waals surface area (Å²) in [7, 11) is 0. The van der Waals surface area contributed by atoms with Crippen LogP contribution in [0.3, 0.4) is 0 Å². The fourth-order valence-corrected chi connectivity index (χ4v) is 5.26. The Morgan fingerprint density at radius 1 is 0.967 bits per heavy atom. The minimum Gasteiger partial charge on any atom is -0.508 e. The smallest absolute Gasteiger partial charge is 0.135 e. The van der Waals surface area contributed by atoms with E-state index in [0.29, 0.717) is 5.75 Å². The molecule has 158 valence electrons. The molecule has 1 aromatic heterocycles. The number of phenolic OH excluding ortho intramolecular Hbond substituents is 1. The lowest BCUT2D eigenvalue weighted by Crippen LogP contribution is -2.46. The zero-order chi connectivity index (χ0) is 20.5. The molecule has 2 aliphatic heterocycles. The average Bonchev–Trinajstić information content (AvgIpc) is 3.21. The Morgan fingerprint density at radius 2 is 1.73 bits per heavy atom. The number of hydrogen-bond acceptors (Lipinski definition) is 4. The predicted octanol–water partition coefficient (Wildman–Crippen LogP) is 5.56. The van der Waals surface area contributed by atoms with Gasteiger partial charge in [-0.15, -0.1) is 0 Å². The van der Waals surface area contributed by atoms with Gasteiger partial charge in [-0.25, -0.2) is 0 Å². The first kappa shape index (κ1) is 19.7. The molecule has 1 N–H and O–H groups in total. The summed E-state index contributed by atoms with van der Waals surface area (Å²) >= 11 is 0. The third kappa shape index (κ3) is 3.86. The summed E-state index contributed by atoms with van der Waals surface area (Å²) in [5.41, 5.74) is 4.15. The van der Waals surface area contributed by atoms with Crippen molar-refractivity contribution < 1.29 is 9.52 Å². The van der Waals surface area contributed by atoms with E-state index in [-0.39, 0.29) is 0 Å². The summed E-state index contributed by atoms with van der Waals surface area (Å²) < 4.78 is 6.18. The van der Waals surface area contributed by atoms with Gasteiger partial charge in [0.15, 0.2) is 0 Å². The Morgan fingerprint density at radius 3 is 2.50 bits per heavy atom. The van der Waals surface area contributed by atoms with Gasteiger partial charge in [0.05, 0.1) is 0 Å². The van der Waals surface area contributed by atoms with Gasteiger partial charge in [-0.3, -0.25) is 4.90 Å². The molecule has 2 fully saturated rings. The van der Waals surface area contributed by atoms with Crippen LogP contribution in [0.1, 0.15) is 43.2 Å². The summed E-state index contributed by atoms with van der Waals surface area (Å²) in [5.74, 6) is 1.25. The van der Waals surface area contributed by atoms with Crippen LogP contribution in [0.15, 0.2) is 46.9 Å². The van der Waals surface area contributed by atoms with Crippen LogP contribution in [0.4, 0.5) is 0 Å². The number of rotatable bonds is 4. The van der Waals surface area contributed by atoms with E-state index in [4.69, 9.17) is 4.42 Å². The van der Waals surface area contributed by atoms with Gasteiger partial charge >= 0.3 is 0 Å². The molecule has 0 atom stereocenters. The highest BCUT2D eigenvalue weighted by Crippen LogP contribution is 2.36. The van der Waals surface area contributed by atoms with E-state index in [1.807, 2.05) is 18.2 Å². The normalized spacial score (nSPS) is 19.5. The number of hydrogen-bond donors (Lipinski definition) is 1. The van der Waals surface area contributed by atoms with Gasteiger partial charge in [0.2, 0.25) is 0 Å². The highest BCUT2D eigenvalue weighted by molar-refractivity contribution is 5.88. The lowest BCUT2D eigenvalue weighted by Gasteiger charge is -2.40. The molecule has 5 rings (SSSR count). The van der Waals surface area contributed by atoms with E-state index in [1.165, 1.54) is 50.8 Å². The van der Waals surface area contributed by atoms with E-state index in [9.17, 15) is 5.11 Å². The standard InChI is InChI=1S/C26H32N2O2/c1-19-7-3-4-8-21(19)26-17-22-23(24(29)9-10-25(22)30-26)18-27-15-11-20(12-16-27)28-13-5-2-6-14-28/h3-4,7-10,17,20,29H,2,5-6,11-16,18H2,1H3. The summed E-state index contributed by atoms with van der Waals surface area (Å²) in [6.45, 7) is 7.64. The number of piperidine rings is 2. The first-order chi connectivity index (χ1) is 14.7. The molecule has 2 aliphatic rings. The van der Waals surface area contributed by atoms with Crippen LogP contribution in [0.2, 0.25) is 0 Å². The fraction of sp³-hybridized carbons (Fsp3) is 0.462. The number of aryl methyl sites for hydroxylation is 1. The summed E-state index contributed by atoms with van der Waals surface area (Å²) in [6.07, 6.45) is 6.58. The Labute approximate surface area is 179 Å². The fourth-order valence-electron chi connectivity index (χ4n) is 5.26. The Balaban J connectivity index is 1.34. The molecule has 3 heterocycles. The minimum absolute atomic E-state index is 0.373. The number of phenols is 1. The monoisotopic (exact) mass is 404 g/mol. The van der Waals surface area contributed by atoms with Gasteiger partial charge in [-0.2, -0.15) is 0 Å². The van der Waals surface area contributed by atoms with Gasteiger partial charge in [0.25, 0.3) is 0 Å². The van der Waals surface area contributed by atoms with Crippen LogP contribution in [-0.2, 0) is 6.54 Å². The summed E-state index contributed by atoms with van der Waals surface area (Å²) in [6, 6.07) is 14.8. The van der Waals surface area contributed by atoms with Crippen molar-refractivity contribution in [2.45, 2.75) is 51.6 Å². The van der Waals surface area contributed by atoms with E-state index < -0.39 is 0 Å². The van der Waals surface area contributed by atoms with Gasteiger partial charge < -0.3 is 14.4 Å². The number of likely N-dealkylation sites (tertiary alicyclic amines) is 2. The van der Waals surface area contributed by atoms with Crippen molar-refractivity contribution in [3.8, 4) is 17.1 Å². The third-order valence-electron chi connectivity index (χ3n) is 7.04. The van der Waals surface area contributed by atoms with Gasteiger partial charge in [0.1, 0.15) is 17.1 Å². The first-order valence-corrected chi connectivity index (χ1v) is 11.5. The van der Waals surface area contributed by atoms with Gasteiger partial charge in [-0.05, 0) is 82.5 Å².